The molecule has 37 atom stereocenters. The molecule has 4 amide bonds. The van der Waals surface area contributed by atoms with Crippen LogP contribution < -0.4 is 21.3 Å². The minimum absolute atomic E-state index is 0.148. The Balaban J connectivity index is 1.11. The van der Waals surface area contributed by atoms with Gasteiger partial charge in [0.2, 0.25) is 23.6 Å². The van der Waals surface area contributed by atoms with Crippen molar-refractivity contribution in [1.82, 2.24) is 21.3 Å². The Morgan fingerprint density at radius 2 is 0.621 bits per heavy atom. The maximum Gasteiger partial charge on any atom is 0.220 e. The Kier molecular flexibility index (Phi) is 48.1. The van der Waals surface area contributed by atoms with E-state index in [0.717, 1.165) is 78.6 Å². The zero-order valence-electron chi connectivity index (χ0n) is 71.9. The van der Waals surface area contributed by atoms with E-state index in [1.54, 1.807) is 6.08 Å². The number of amides is 4. The molecule has 7 aliphatic heterocycles. The molecule has 42 nitrogen and oxygen atoms in total. The summed E-state index contributed by atoms with van der Waals surface area (Å²) < 4.78 is 85.1. The third kappa shape index (κ3) is 30.9. The summed E-state index contributed by atoms with van der Waals surface area (Å²) in [7, 11) is 0. The molecule has 0 saturated carbocycles. The van der Waals surface area contributed by atoms with Gasteiger partial charge >= 0.3 is 0 Å². The number of carbonyl (C=O) groups is 4. The van der Waals surface area contributed by atoms with Gasteiger partial charge in [-0.2, -0.15) is 0 Å². The lowest BCUT2D eigenvalue weighted by atomic mass is 9.93. The summed E-state index contributed by atoms with van der Waals surface area (Å²) >= 11 is 0. The van der Waals surface area contributed by atoms with Gasteiger partial charge in [0.25, 0.3) is 0 Å². The lowest BCUT2D eigenvalue weighted by Crippen LogP contribution is -2.72. The molecule has 7 heterocycles. The summed E-state index contributed by atoms with van der Waals surface area (Å²) in [5.41, 5.74) is 0. The van der Waals surface area contributed by atoms with Crippen LogP contribution in [0.2, 0.25) is 0 Å². The fourth-order valence-electron chi connectivity index (χ4n) is 16.6. The Morgan fingerprint density at radius 3 is 1.05 bits per heavy atom. The number of hydrogen-bond donors (Lipinski definition) is 24. The van der Waals surface area contributed by atoms with E-state index in [1.165, 1.54) is 89.9 Å². The van der Waals surface area contributed by atoms with E-state index < -0.39 is 297 Å². The van der Waals surface area contributed by atoms with Crippen molar-refractivity contribution in [2.75, 3.05) is 52.9 Å². The van der Waals surface area contributed by atoms with E-state index in [2.05, 4.69) is 35.1 Å². The van der Waals surface area contributed by atoms with Crippen LogP contribution in [0.25, 0.3) is 0 Å². The van der Waals surface area contributed by atoms with Crippen LogP contribution in [0.15, 0.2) is 12.2 Å². The zero-order valence-corrected chi connectivity index (χ0v) is 71.9. The first-order valence-corrected chi connectivity index (χ1v) is 44.5. The minimum atomic E-state index is -2.51. The van der Waals surface area contributed by atoms with E-state index in [-0.39, 0.29) is 12.3 Å². The van der Waals surface area contributed by atoms with Crippen molar-refractivity contribution in [2.24, 2.45) is 0 Å². The number of unbranched alkanes of at least 4 members (excludes halogenated alkanes) is 23. The first-order chi connectivity index (χ1) is 59.4. The molecule has 0 aromatic carbocycles. The van der Waals surface area contributed by atoms with Crippen LogP contribution in [-0.4, -0.2) is 406 Å². The number of aliphatic hydroxyl groups excluding tert-OH is 20. The van der Waals surface area contributed by atoms with Crippen molar-refractivity contribution in [2.45, 2.75) is 428 Å². The van der Waals surface area contributed by atoms with Gasteiger partial charge in [-0.25, -0.2) is 0 Å². The number of hydrogen-bond acceptors (Lipinski definition) is 38. The molecular weight excluding hydrogens is 1650 g/mol. The van der Waals surface area contributed by atoms with Gasteiger partial charge in [0, 0.05) is 27.2 Å². The molecule has 0 spiro atoms. The van der Waals surface area contributed by atoms with Gasteiger partial charge in [-0.3, -0.25) is 19.2 Å². The second kappa shape index (κ2) is 55.6. The van der Waals surface area contributed by atoms with E-state index >= 15 is 0 Å². The smallest absolute Gasteiger partial charge is 0.220 e. The molecule has 7 fully saturated rings. The number of rotatable bonds is 54. The van der Waals surface area contributed by atoms with Crippen molar-refractivity contribution in [3.8, 4) is 0 Å². The quantitative estimate of drug-likeness (QED) is 0.0200. The Bertz CT molecular complexity index is 3020. The summed E-state index contributed by atoms with van der Waals surface area (Å²) in [5, 5.41) is 236. The van der Waals surface area contributed by atoms with E-state index in [1.807, 2.05) is 6.08 Å². The van der Waals surface area contributed by atoms with Crippen LogP contribution in [-0.2, 0) is 85.5 Å². The molecule has 722 valence electrons. The molecule has 7 aliphatic rings. The fourth-order valence-corrected chi connectivity index (χ4v) is 16.6. The fraction of sp³-hybridized carbons (Fsp3) is 0.927. The Hall–Kier alpha value is -3.74. The molecule has 0 radical (unpaired) electrons. The minimum Gasteiger partial charge on any atom is -0.394 e. The SMILES string of the molecule is CCCCCCCCCCCCC/C=C/[C@@H](O)[C@H](CO[C@@H]1OC(CO)[C@@H](O[C@@H]2OC(CO)[C@H](O[C@@H]3OC(CO)[C@H](O[C@@H]4OC(CO)[C@H](O)[C@H](O[C@@H]5OC(CO)[C@H](O)[C@H](O)C5O)C4NC(C)=O)[C@H](O[C@@H]4OC(CO)[C@H](O)[C@H](O[C@H]5OC(CO)[C@H](O)[C@H](O)C5NC(C)=O)C4NC(C)=O)C3O)[C@H](O)C2O)[C@H](O)C1O)NC(=O)CCCCCCCCCCCCCCC. The molecule has 0 aliphatic carbocycles. The van der Waals surface area contributed by atoms with Crippen LogP contribution in [0, 0.1) is 0 Å². The summed E-state index contributed by atoms with van der Waals surface area (Å²) in [4.78, 5) is 52.8. The predicted octanol–water partition coefficient (Wildman–Crippen LogP) is -5.24. The predicted molar refractivity (Wildman–Crippen MR) is 429 cm³/mol. The summed E-state index contributed by atoms with van der Waals surface area (Å²) in [6.07, 6.45) is -35.1. The van der Waals surface area contributed by atoms with Gasteiger partial charge in [-0.15, -0.1) is 0 Å². The maximum absolute atomic E-state index is 13.6. The summed E-state index contributed by atoms with van der Waals surface area (Å²) in [6, 6.07) is -6.69. The highest BCUT2D eigenvalue weighted by Gasteiger charge is 2.61. The van der Waals surface area contributed by atoms with E-state index in [0.29, 0.717) is 12.8 Å². The first kappa shape index (κ1) is 107. The van der Waals surface area contributed by atoms with Crippen LogP contribution >= 0.6 is 0 Å². The highest BCUT2D eigenvalue weighted by Crippen LogP contribution is 2.40. The first-order valence-electron chi connectivity index (χ1n) is 44.5. The molecule has 24 N–H and O–H groups in total. The maximum atomic E-state index is 13.6. The molecule has 124 heavy (non-hydrogen) atoms. The molecule has 0 bridgehead atoms. The summed E-state index contributed by atoms with van der Waals surface area (Å²) in [6.45, 7) is -0.680. The topological polar surface area (TPSA) is 650 Å². The van der Waals surface area contributed by atoms with Crippen molar-refractivity contribution < 1.29 is 188 Å². The standard InChI is InChI=1S/C82H146N4O38/c1-6-8-10-12-14-16-18-20-22-24-26-28-30-32-46(97)45(86-54(98)33-31-29-27-25-23-21-19-17-15-13-11-9-7-2)41-111-79-67(108)64(105)70(51(38-91)116-79)119-81-68(109)65(106)71(52(39-92)117-81)120-82-69(110)75(124-78-56(84-43(4)95)73(60(101)49(36-89)114-78)122-76-55(83-42(3)94)62(103)58(99)47(34-87)112-76)72(53(40-93)118-82)121-77-57(85-44(5)96)74(61(102)50(37-90)113-77)123-80-66(107)63(104)59(100)48(35-88)115-80/h30,32,45-53,55-82,87-93,97,99-110H,6-29,31,33-41H2,1-5H3,(H,83,94)(H,84,95)(H,85,96)(H,86,98)/b32-30+/t45-,46+,47?,48?,49?,50?,51?,52?,53?,55?,56?,57?,58-,59-,60-,61-,62+,63-,64+,65+,66?,67?,68?,69?,70+,71-,72-,73+,74+,75+,76+,77-,78-,79+,80-,81-,82-/m0/s1. The van der Waals surface area contributed by atoms with Crippen LogP contribution in [0.1, 0.15) is 202 Å². The van der Waals surface area contributed by atoms with Crippen molar-refractivity contribution in [3.05, 3.63) is 12.2 Å². The van der Waals surface area contributed by atoms with Gasteiger partial charge in [0.15, 0.2) is 44.0 Å². The second-order valence-corrected chi connectivity index (χ2v) is 33.5. The van der Waals surface area contributed by atoms with Crippen LogP contribution in [0.3, 0.4) is 0 Å². The van der Waals surface area contributed by atoms with Gasteiger partial charge < -0.3 is 190 Å². The van der Waals surface area contributed by atoms with Crippen molar-refractivity contribution >= 4 is 23.6 Å². The second-order valence-electron chi connectivity index (χ2n) is 33.5. The molecule has 42 heteroatoms. The van der Waals surface area contributed by atoms with Crippen LogP contribution in [0.5, 0.6) is 0 Å². The Morgan fingerprint density at radius 1 is 0.315 bits per heavy atom. The third-order valence-corrected chi connectivity index (χ3v) is 23.7. The van der Waals surface area contributed by atoms with Gasteiger partial charge in [-0.1, -0.05) is 167 Å². The normalized spacial score (nSPS) is 38.4. The molecule has 0 aromatic rings. The van der Waals surface area contributed by atoms with Gasteiger partial charge in [0.05, 0.1) is 65.0 Å². The average molecular weight is 1800 g/mol. The lowest BCUT2D eigenvalue weighted by Gasteiger charge is -2.52. The number of ether oxygens (including phenoxy) is 14. The van der Waals surface area contributed by atoms with Gasteiger partial charge in [0.1, 0.15) is 171 Å². The molecule has 14 unspecified atom stereocenters. The number of nitrogens with one attached hydrogen (secondary N) is 4. The van der Waals surface area contributed by atoms with Crippen molar-refractivity contribution in [3.63, 3.8) is 0 Å². The molecule has 7 saturated heterocycles. The van der Waals surface area contributed by atoms with E-state index in [4.69, 9.17) is 66.3 Å². The third-order valence-electron chi connectivity index (χ3n) is 23.7. The average Bonchev–Trinajstić information content (AvgIpc) is 0.758. The highest BCUT2D eigenvalue weighted by atomic mass is 16.8. The molecule has 7 rings (SSSR count). The summed E-state index contributed by atoms with van der Waals surface area (Å²) in [5.74, 6) is -3.07. The van der Waals surface area contributed by atoms with Crippen LogP contribution in [0.4, 0.5) is 0 Å². The monoisotopic (exact) mass is 1790 g/mol. The van der Waals surface area contributed by atoms with Gasteiger partial charge in [-0.05, 0) is 19.3 Å². The number of allylic oxidation sites excluding steroid dienone is 1. The molecular formula is C82H146N4O38. The lowest BCUT2D eigenvalue weighted by molar-refractivity contribution is -0.400. The number of carbonyl (C=O) groups excluding carboxylic acids is 4. The number of aliphatic hydroxyl groups is 20. The van der Waals surface area contributed by atoms with E-state index in [9.17, 15) is 121 Å². The Labute approximate surface area is 723 Å². The zero-order chi connectivity index (χ0) is 90.9. The highest BCUT2D eigenvalue weighted by molar-refractivity contribution is 5.76. The molecule has 0 aromatic heterocycles. The largest absolute Gasteiger partial charge is 0.394 e. The van der Waals surface area contributed by atoms with Crippen molar-refractivity contribution in [1.29, 1.82) is 0 Å².